The molecule has 0 bridgehead atoms. The van der Waals surface area contributed by atoms with Crippen LogP contribution in [-0.2, 0) is 15.7 Å². The highest BCUT2D eigenvalue weighted by atomic mass is 19.4. The summed E-state index contributed by atoms with van der Waals surface area (Å²) in [6.45, 7) is 1.33. The van der Waals surface area contributed by atoms with E-state index in [1.54, 1.807) is 0 Å². The molecule has 112 valence electrons. The third-order valence-electron chi connectivity index (χ3n) is 2.76. The van der Waals surface area contributed by atoms with Crippen LogP contribution in [0.4, 0.5) is 17.6 Å². The molecule has 0 atom stereocenters. The van der Waals surface area contributed by atoms with Gasteiger partial charge in [-0.05, 0) is 24.6 Å². The van der Waals surface area contributed by atoms with E-state index in [1.165, 1.54) is 0 Å². The van der Waals surface area contributed by atoms with Gasteiger partial charge in [-0.15, -0.1) is 0 Å². The van der Waals surface area contributed by atoms with Gasteiger partial charge in [0.25, 0.3) is 0 Å². The maximum absolute atomic E-state index is 13.1. The first-order valence-electron chi connectivity index (χ1n) is 6.19. The van der Waals surface area contributed by atoms with Crippen molar-refractivity contribution in [1.29, 1.82) is 0 Å². The molecule has 0 radical (unpaired) electrons. The van der Waals surface area contributed by atoms with Crippen molar-refractivity contribution >= 4 is 0 Å². The fourth-order valence-corrected chi connectivity index (χ4v) is 1.79. The van der Waals surface area contributed by atoms with Gasteiger partial charge < -0.3 is 14.2 Å². The second-order valence-corrected chi connectivity index (χ2v) is 4.30. The molecule has 1 saturated heterocycles. The van der Waals surface area contributed by atoms with Crippen molar-refractivity contribution in [3.05, 3.63) is 29.6 Å². The summed E-state index contributed by atoms with van der Waals surface area (Å²) in [5, 5.41) is 0. The van der Waals surface area contributed by atoms with Gasteiger partial charge in [0.1, 0.15) is 11.6 Å². The Bertz CT molecular complexity index is 442. The Labute approximate surface area is 113 Å². The van der Waals surface area contributed by atoms with E-state index in [2.05, 4.69) is 0 Å². The van der Waals surface area contributed by atoms with Crippen LogP contribution in [0.1, 0.15) is 18.4 Å². The molecule has 3 nitrogen and oxygen atoms in total. The van der Waals surface area contributed by atoms with Crippen LogP contribution in [0, 0.1) is 5.82 Å². The van der Waals surface area contributed by atoms with Gasteiger partial charge in [-0.25, -0.2) is 4.39 Å². The van der Waals surface area contributed by atoms with E-state index < -0.39 is 23.8 Å². The van der Waals surface area contributed by atoms with Crippen LogP contribution in [-0.4, -0.2) is 26.1 Å². The molecule has 1 fully saturated rings. The van der Waals surface area contributed by atoms with E-state index in [-0.39, 0.29) is 12.4 Å². The molecule has 1 aromatic rings. The van der Waals surface area contributed by atoms with Gasteiger partial charge in [0.2, 0.25) is 0 Å². The van der Waals surface area contributed by atoms with Gasteiger partial charge >= 0.3 is 6.18 Å². The number of hydrogen-bond donors (Lipinski definition) is 0. The largest absolute Gasteiger partial charge is 0.493 e. The Morgan fingerprint density at radius 1 is 1.20 bits per heavy atom. The van der Waals surface area contributed by atoms with Crippen molar-refractivity contribution in [1.82, 2.24) is 0 Å². The third-order valence-corrected chi connectivity index (χ3v) is 2.76. The van der Waals surface area contributed by atoms with Gasteiger partial charge in [-0.1, -0.05) is 0 Å². The Hall–Kier alpha value is -1.34. The van der Waals surface area contributed by atoms with Gasteiger partial charge in [0, 0.05) is 6.42 Å². The van der Waals surface area contributed by atoms with Crippen LogP contribution in [0.5, 0.6) is 5.75 Å². The minimum Gasteiger partial charge on any atom is -0.493 e. The van der Waals surface area contributed by atoms with E-state index >= 15 is 0 Å². The average Bonchev–Trinajstić information content (AvgIpc) is 2.40. The van der Waals surface area contributed by atoms with Gasteiger partial charge in [0.05, 0.1) is 25.4 Å². The quantitative estimate of drug-likeness (QED) is 0.797. The highest BCUT2D eigenvalue weighted by Gasteiger charge is 2.34. The maximum atomic E-state index is 13.1. The normalized spacial score (nSPS) is 17.2. The molecule has 0 aromatic heterocycles. The molecule has 0 aliphatic carbocycles. The summed E-state index contributed by atoms with van der Waals surface area (Å²) in [5.41, 5.74) is -1.33. The molecule has 0 N–H and O–H groups in total. The minimum atomic E-state index is -4.74. The lowest BCUT2D eigenvalue weighted by Gasteiger charge is -2.23. The summed E-state index contributed by atoms with van der Waals surface area (Å²) in [7, 11) is 0. The zero-order valence-corrected chi connectivity index (χ0v) is 10.6. The van der Waals surface area contributed by atoms with E-state index in [0.29, 0.717) is 25.7 Å². The average molecular weight is 294 g/mol. The molecule has 1 aromatic carbocycles. The molecular weight excluding hydrogens is 280 g/mol. The second kappa shape index (κ2) is 6.41. The first-order chi connectivity index (χ1) is 9.47. The van der Waals surface area contributed by atoms with Crippen LogP contribution in [0.25, 0.3) is 0 Å². The summed E-state index contributed by atoms with van der Waals surface area (Å²) in [6, 6.07) is 2.55. The zero-order chi connectivity index (χ0) is 14.6. The molecule has 0 spiro atoms. The number of alkyl halides is 3. The Kier molecular flexibility index (Phi) is 4.82. The highest BCUT2D eigenvalue weighted by Crippen LogP contribution is 2.33. The van der Waals surface area contributed by atoms with E-state index in [0.717, 1.165) is 18.6 Å². The summed E-state index contributed by atoms with van der Waals surface area (Å²) < 4.78 is 66.3. The molecule has 2 rings (SSSR count). The van der Waals surface area contributed by atoms with Crippen molar-refractivity contribution in [3.63, 3.8) is 0 Å². The van der Waals surface area contributed by atoms with Gasteiger partial charge in [-0.2, -0.15) is 13.2 Å². The van der Waals surface area contributed by atoms with Crippen molar-refractivity contribution in [3.8, 4) is 5.75 Å². The summed E-state index contributed by atoms with van der Waals surface area (Å²) in [6.07, 6.45) is -3.91. The lowest BCUT2D eigenvalue weighted by atomic mass is 10.2. The summed E-state index contributed by atoms with van der Waals surface area (Å²) >= 11 is 0. The van der Waals surface area contributed by atoms with Crippen molar-refractivity contribution < 1.29 is 31.8 Å². The fraction of sp³-hybridized carbons (Fsp3) is 0.538. The first kappa shape index (κ1) is 15.1. The van der Waals surface area contributed by atoms with Crippen LogP contribution in [0.3, 0.4) is 0 Å². The maximum Gasteiger partial charge on any atom is 0.419 e. The Balaban J connectivity index is 1.89. The molecule has 0 saturated carbocycles. The molecule has 1 aliphatic rings. The van der Waals surface area contributed by atoms with Gasteiger partial charge in [-0.3, -0.25) is 0 Å². The predicted molar refractivity (Wildman–Crippen MR) is 61.8 cm³/mol. The SMILES string of the molecule is Fc1ccc(OCCC2OCCCO2)cc1C(F)(F)F. The molecule has 0 unspecified atom stereocenters. The molecular formula is C13H14F4O3. The highest BCUT2D eigenvalue weighted by molar-refractivity contribution is 5.31. The van der Waals surface area contributed by atoms with Crippen LogP contribution in [0.15, 0.2) is 18.2 Å². The lowest BCUT2D eigenvalue weighted by molar-refractivity contribution is -0.183. The molecule has 1 aliphatic heterocycles. The lowest BCUT2D eigenvalue weighted by Crippen LogP contribution is -2.26. The molecule has 1 heterocycles. The van der Waals surface area contributed by atoms with Crippen molar-refractivity contribution in [2.24, 2.45) is 0 Å². The Morgan fingerprint density at radius 2 is 1.90 bits per heavy atom. The number of hydrogen-bond acceptors (Lipinski definition) is 3. The first-order valence-corrected chi connectivity index (χ1v) is 6.19. The second-order valence-electron chi connectivity index (χ2n) is 4.30. The predicted octanol–water partition coefficient (Wildman–Crippen LogP) is 3.38. The summed E-state index contributed by atoms with van der Waals surface area (Å²) in [5.74, 6) is -1.35. The van der Waals surface area contributed by atoms with Crippen molar-refractivity contribution in [2.75, 3.05) is 19.8 Å². The monoisotopic (exact) mass is 294 g/mol. The number of rotatable bonds is 4. The van der Waals surface area contributed by atoms with E-state index in [9.17, 15) is 17.6 Å². The van der Waals surface area contributed by atoms with Gasteiger partial charge in [0.15, 0.2) is 6.29 Å². The van der Waals surface area contributed by atoms with Crippen molar-refractivity contribution in [2.45, 2.75) is 25.3 Å². The number of benzene rings is 1. The van der Waals surface area contributed by atoms with Crippen LogP contribution < -0.4 is 4.74 Å². The smallest absolute Gasteiger partial charge is 0.419 e. The topological polar surface area (TPSA) is 27.7 Å². The van der Waals surface area contributed by atoms with E-state index in [4.69, 9.17) is 14.2 Å². The third kappa shape index (κ3) is 4.08. The molecule has 7 heteroatoms. The number of ether oxygens (including phenoxy) is 3. The fourth-order valence-electron chi connectivity index (χ4n) is 1.79. The molecule has 20 heavy (non-hydrogen) atoms. The van der Waals surface area contributed by atoms with Crippen LogP contribution >= 0.6 is 0 Å². The molecule has 0 amide bonds. The zero-order valence-electron chi connectivity index (χ0n) is 10.6. The van der Waals surface area contributed by atoms with Crippen LogP contribution in [0.2, 0.25) is 0 Å². The minimum absolute atomic E-state index is 0.0328. The number of halogens is 4. The summed E-state index contributed by atoms with van der Waals surface area (Å²) in [4.78, 5) is 0. The standard InChI is InChI=1S/C13H14F4O3/c14-11-3-2-9(8-10(11)13(15,16)17)18-7-4-12-19-5-1-6-20-12/h2-3,8,12H,1,4-7H2. The van der Waals surface area contributed by atoms with E-state index in [1.807, 2.05) is 0 Å². The Morgan fingerprint density at radius 3 is 2.55 bits per heavy atom.